The monoisotopic (exact) mass is 201 g/mol. The van der Waals surface area contributed by atoms with Gasteiger partial charge in [-0.3, -0.25) is 9.59 Å². The zero-order valence-electron chi connectivity index (χ0n) is 7.91. The lowest BCUT2D eigenvalue weighted by Gasteiger charge is -2.18. The number of rotatable bonds is 1. The highest BCUT2D eigenvalue weighted by Gasteiger charge is 2.18. The number of nitrogens with zero attached hydrogens (tertiary/aromatic N) is 1. The van der Waals surface area contributed by atoms with Gasteiger partial charge in [0.25, 0.3) is 5.24 Å². The topological polar surface area (TPSA) is 37.4 Å². The van der Waals surface area contributed by atoms with Gasteiger partial charge in [0.2, 0.25) is 0 Å². The molecule has 1 saturated heterocycles. The maximum absolute atomic E-state index is 11.4. The number of carbonyl (C=O) groups excluding carboxylic acids is 2. The lowest BCUT2D eigenvalue weighted by atomic mass is 10.2. The first kappa shape index (κ1) is 10.6. The molecule has 1 aliphatic rings. The maximum atomic E-state index is 11.4. The number of Topliss-reactive ketones (excluding diaryl/α,β-unsaturated/α-hetero) is 1. The van der Waals surface area contributed by atoms with Crippen LogP contribution in [0.5, 0.6) is 0 Å². The van der Waals surface area contributed by atoms with E-state index in [0.29, 0.717) is 19.4 Å². The molecule has 0 atom stereocenters. The molecule has 1 rings (SSSR count). The highest BCUT2D eigenvalue weighted by molar-refractivity contribution is 8.13. The maximum Gasteiger partial charge on any atom is 0.281 e. The first-order valence-corrected chi connectivity index (χ1v) is 5.66. The van der Waals surface area contributed by atoms with Crippen LogP contribution in [0.15, 0.2) is 0 Å². The Morgan fingerprint density at radius 2 is 2.23 bits per heavy atom. The first-order chi connectivity index (χ1) is 6.24. The van der Waals surface area contributed by atoms with Crippen molar-refractivity contribution in [1.29, 1.82) is 0 Å². The summed E-state index contributed by atoms with van der Waals surface area (Å²) in [5, 5.41) is 0.122. The number of carbonyl (C=O) groups is 2. The van der Waals surface area contributed by atoms with E-state index in [1.165, 1.54) is 11.8 Å². The second-order valence-electron chi connectivity index (χ2n) is 3.08. The van der Waals surface area contributed by atoms with Crippen LogP contribution in [-0.2, 0) is 4.79 Å². The third-order valence-electron chi connectivity index (χ3n) is 2.07. The van der Waals surface area contributed by atoms with Gasteiger partial charge in [-0.05, 0) is 12.2 Å². The van der Waals surface area contributed by atoms with E-state index >= 15 is 0 Å². The molecule has 0 radical (unpaired) electrons. The molecule has 0 aromatic carbocycles. The van der Waals surface area contributed by atoms with E-state index in [4.69, 9.17) is 0 Å². The molecule has 0 aliphatic carbocycles. The lowest BCUT2D eigenvalue weighted by Crippen LogP contribution is -2.28. The van der Waals surface area contributed by atoms with Crippen LogP contribution < -0.4 is 0 Å². The fourth-order valence-corrected chi connectivity index (χ4v) is 1.97. The predicted octanol–water partition coefficient (Wildman–Crippen LogP) is 1.91. The van der Waals surface area contributed by atoms with Crippen molar-refractivity contribution in [1.82, 2.24) is 4.90 Å². The number of likely N-dealkylation sites (tertiary alicyclic amines) is 1. The summed E-state index contributed by atoms with van der Waals surface area (Å²) in [6, 6.07) is 0. The fourth-order valence-electron chi connectivity index (χ4n) is 1.36. The van der Waals surface area contributed by atoms with Crippen molar-refractivity contribution in [3.05, 3.63) is 0 Å². The van der Waals surface area contributed by atoms with Crippen LogP contribution in [0.25, 0.3) is 0 Å². The SMILES string of the molecule is CCSC(=O)N1CCCC(=O)CC1. The average molecular weight is 201 g/mol. The molecule has 1 amide bonds. The Balaban J connectivity index is 2.41. The van der Waals surface area contributed by atoms with Gasteiger partial charge in [-0.15, -0.1) is 0 Å². The summed E-state index contributed by atoms with van der Waals surface area (Å²) in [6.07, 6.45) is 2.01. The average Bonchev–Trinajstić information content (AvgIpc) is 2.30. The Labute approximate surface area is 82.9 Å². The van der Waals surface area contributed by atoms with E-state index < -0.39 is 0 Å². The second kappa shape index (κ2) is 5.27. The second-order valence-corrected chi connectivity index (χ2v) is 4.29. The minimum atomic E-state index is 0.122. The number of ketones is 1. The largest absolute Gasteiger partial charge is 0.333 e. The van der Waals surface area contributed by atoms with E-state index in [-0.39, 0.29) is 11.0 Å². The third-order valence-corrected chi connectivity index (χ3v) is 2.86. The number of hydrogen-bond acceptors (Lipinski definition) is 3. The van der Waals surface area contributed by atoms with Gasteiger partial charge in [0.1, 0.15) is 5.78 Å². The summed E-state index contributed by atoms with van der Waals surface area (Å²) in [5.41, 5.74) is 0. The molecule has 3 nitrogen and oxygen atoms in total. The normalized spacial score (nSPS) is 18.5. The molecule has 0 aromatic rings. The molecule has 1 aliphatic heterocycles. The third kappa shape index (κ3) is 3.38. The number of hydrogen-bond donors (Lipinski definition) is 0. The van der Waals surface area contributed by atoms with Gasteiger partial charge in [-0.25, -0.2) is 0 Å². The summed E-state index contributed by atoms with van der Waals surface area (Å²) in [5.74, 6) is 1.10. The molecule has 0 unspecified atom stereocenters. The van der Waals surface area contributed by atoms with Gasteiger partial charge in [-0.1, -0.05) is 18.7 Å². The van der Waals surface area contributed by atoms with Crippen molar-refractivity contribution >= 4 is 22.8 Å². The number of thioether (sulfide) groups is 1. The Morgan fingerprint density at radius 1 is 1.46 bits per heavy atom. The van der Waals surface area contributed by atoms with Crippen LogP contribution in [0, 0.1) is 0 Å². The smallest absolute Gasteiger partial charge is 0.281 e. The zero-order chi connectivity index (χ0) is 9.68. The van der Waals surface area contributed by atoms with Gasteiger partial charge >= 0.3 is 0 Å². The highest BCUT2D eigenvalue weighted by Crippen LogP contribution is 2.13. The van der Waals surface area contributed by atoms with Crippen molar-refractivity contribution in [3.8, 4) is 0 Å². The van der Waals surface area contributed by atoms with E-state index in [2.05, 4.69) is 0 Å². The van der Waals surface area contributed by atoms with Crippen LogP contribution in [0.1, 0.15) is 26.2 Å². The Bertz CT molecular complexity index is 206. The molecule has 1 heterocycles. The summed E-state index contributed by atoms with van der Waals surface area (Å²) >= 11 is 1.32. The molecule has 0 saturated carbocycles. The highest BCUT2D eigenvalue weighted by atomic mass is 32.2. The van der Waals surface area contributed by atoms with Crippen molar-refractivity contribution in [2.24, 2.45) is 0 Å². The minimum Gasteiger partial charge on any atom is -0.333 e. The fraction of sp³-hybridized carbons (Fsp3) is 0.778. The molecule has 13 heavy (non-hydrogen) atoms. The molecule has 0 spiro atoms. The van der Waals surface area contributed by atoms with Crippen molar-refractivity contribution in [2.75, 3.05) is 18.8 Å². The van der Waals surface area contributed by atoms with E-state index in [1.807, 2.05) is 6.92 Å². The standard InChI is InChI=1S/C9H15NO2S/c1-2-13-9(12)10-6-3-4-8(11)5-7-10/h2-7H2,1H3. The van der Waals surface area contributed by atoms with Gasteiger partial charge < -0.3 is 4.90 Å². The summed E-state index contributed by atoms with van der Waals surface area (Å²) in [4.78, 5) is 24.3. The van der Waals surface area contributed by atoms with Crippen LogP contribution in [0.4, 0.5) is 4.79 Å². The quantitative estimate of drug-likeness (QED) is 0.650. The molecule has 0 aromatic heterocycles. The van der Waals surface area contributed by atoms with Crippen molar-refractivity contribution in [2.45, 2.75) is 26.2 Å². The first-order valence-electron chi connectivity index (χ1n) is 4.67. The Hall–Kier alpha value is -0.510. The molecular weight excluding hydrogens is 186 g/mol. The summed E-state index contributed by atoms with van der Waals surface area (Å²) in [6.45, 7) is 3.33. The van der Waals surface area contributed by atoms with Gasteiger partial charge in [0.15, 0.2) is 0 Å². The van der Waals surface area contributed by atoms with Crippen LogP contribution >= 0.6 is 11.8 Å². The zero-order valence-corrected chi connectivity index (χ0v) is 8.73. The van der Waals surface area contributed by atoms with Gasteiger partial charge in [0, 0.05) is 25.9 Å². The minimum absolute atomic E-state index is 0.122. The summed E-state index contributed by atoms with van der Waals surface area (Å²) in [7, 11) is 0. The summed E-state index contributed by atoms with van der Waals surface area (Å²) < 4.78 is 0. The van der Waals surface area contributed by atoms with Crippen molar-refractivity contribution < 1.29 is 9.59 Å². The number of amides is 1. The Kier molecular flexibility index (Phi) is 4.28. The van der Waals surface area contributed by atoms with E-state index in [9.17, 15) is 9.59 Å². The molecular formula is C9H15NO2S. The van der Waals surface area contributed by atoms with E-state index in [1.54, 1.807) is 4.90 Å². The van der Waals surface area contributed by atoms with Crippen LogP contribution in [-0.4, -0.2) is 34.8 Å². The van der Waals surface area contributed by atoms with Gasteiger partial charge in [-0.2, -0.15) is 0 Å². The van der Waals surface area contributed by atoms with Gasteiger partial charge in [0.05, 0.1) is 0 Å². The van der Waals surface area contributed by atoms with Crippen LogP contribution in [0.3, 0.4) is 0 Å². The molecule has 74 valence electrons. The molecule has 1 fully saturated rings. The molecule has 4 heteroatoms. The molecule has 0 bridgehead atoms. The predicted molar refractivity (Wildman–Crippen MR) is 54.0 cm³/mol. The van der Waals surface area contributed by atoms with E-state index in [0.717, 1.165) is 18.7 Å². The Morgan fingerprint density at radius 3 is 2.92 bits per heavy atom. The lowest BCUT2D eigenvalue weighted by molar-refractivity contribution is -0.118. The van der Waals surface area contributed by atoms with Crippen LogP contribution in [0.2, 0.25) is 0 Å². The molecule has 0 N–H and O–H groups in total. The van der Waals surface area contributed by atoms with Crippen molar-refractivity contribution in [3.63, 3.8) is 0 Å².